The van der Waals surface area contributed by atoms with Gasteiger partial charge in [-0.05, 0) is 31.3 Å². The van der Waals surface area contributed by atoms with Crippen molar-refractivity contribution in [1.29, 1.82) is 0 Å². The van der Waals surface area contributed by atoms with Crippen molar-refractivity contribution in [3.63, 3.8) is 0 Å². The molecule has 0 unspecified atom stereocenters. The monoisotopic (exact) mass is 616 g/mol. The third-order valence-electron chi connectivity index (χ3n) is 5.53. The van der Waals surface area contributed by atoms with Crippen molar-refractivity contribution < 1.29 is 50.8 Å². The normalized spacial score (nSPS) is 22.4. The van der Waals surface area contributed by atoms with E-state index in [4.69, 9.17) is 19.6 Å². The first-order chi connectivity index (χ1) is 18.1. The number of ether oxygens (including phenoxy) is 1. The molecule has 2 aromatic rings. The number of aliphatic carboxylic acids is 1. The number of aliphatic hydroxyl groups is 2. The van der Waals surface area contributed by atoms with Crippen molar-refractivity contribution in [3.8, 4) is 0 Å². The van der Waals surface area contributed by atoms with Crippen LogP contribution in [0.15, 0.2) is 12.7 Å². The SMILES string of the molecule is CSCC[C@H](NC[C@H]1O[C@@H](n2cnc3c(N)ncnc32)[C@H](O)[C@@H]1O)C(=O)O.O=S(=O)(O)CCCCS(=O)(=O)O. The predicted molar refractivity (Wildman–Crippen MR) is 140 cm³/mol. The number of nitrogens with two attached hydrogens (primary N) is 1. The molecule has 17 nitrogen and oxygen atoms in total. The highest BCUT2D eigenvalue weighted by Gasteiger charge is 2.44. The molecule has 0 bridgehead atoms. The van der Waals surface area contributed by atoms with Crippen LogP contribution < -0.4 is 11.1 Å². The van der Waals surface area contributed by atoms with Gasteiger partial charge in [-0.15, -0.1) is 0 Å². The van der Waals surface area contributed by atoms with Crippen LogP contribution in [0.1, 0.15) is 25.5 Å². The van der Waals surface area contributed by atoms with Crippen LogP contribution in [-0.4, -0.2) is 121 Å². The summed E-state index contributed by atoms with van der Waals surface area (Å²) >= 11 is 1.55. The van der Waals surface area contributed by atoms with E-state index < -0.39 is 68.3 Å². The second kappa shape index (κ2) is 14.5. The molecule has 0 radical (unpaired) electrons. The maximum Gasteiger partial charge on any atom is 0.320 e. The van der Waals surface area contributed by atoms with E-state index in [1.54, 1.807) is 11.8 Å². The van der Waals surface area contributed by atoms with Crippen LogP contribution in [-0.2, 0) is 29.8 Å². The fraction of sp³-hybridized carbons (Fsp3) is 0.684. The van der Waals surface area contributed by atoms with Crippen LogP contribution in [0.3, 0.4) is 0 Å². The van der Waals surface area contributed by atoms with E-state index in [1.165, 1.54) is 17.2 Å². The molecular weight excluding hydrogens is 584 g/mol. The number of nitrogens with one attached hydrogen (secondary N) is 1. The molecule has 222 valence electrons. The van der Waals surface area contributed by atoms with Gasteiger partial charge in [0.05, 0.1) is 17.8 Å². The van der Waals surface area contributed by atoms with Gasteiger partial charge in [-0.2, -0.15) is 28.6 Å². The van der Waals surface area contributed by atoms with Crippen LogP contribution in [0.2, 0.25) is 0 Å². The van der Waals surface area contributed by atoms with Crippen molar-refractivity contribution in [2.24, 2.45) is 0 Å². The Hall–Kier alpha value is -2.17. The Labute approximate surface area is 228 Å². The number of unbranched alkanes of at least 4 members (excludes halogenated alkanes) is 1. The van der Waals surface area contributed by atoms with Crippen LogP contribution in [0.4, 0.5) is 5.82 Å². The average Bonchev–Trinajstić information content (AvgIpc) is 3.38. The molecule has 0 spiro atoms. The van der Waals surface area contributed by atoms with Crippen molar-refractivity contribution in [1.82, 2.24) is 24.8 Å². The summed E-state index contributed by atoms with van der Waals surface area (Å²) in [4.78, 5) is 23.4. The highest BCUT2D eigenvalue weighted by atomic mass is 32.2. The molecule has 5 atom stereocenters. The first-order valence-corrected chi connectivity index (χ1v) is 16.1. The van der Waals surface area contributed by atoms with E-state index >= 15 is 0 Å². The summed E-state index contributed by atoms with van der Waals surface area (Å²) in [6.45, 7) is 0.0732. The average molecular weight is 617 g/mol. The number of imidazole rings is 1. The molecule has 1 aliphatic heterocycles. The summed E-state index contributed by atoms with van der Waals surface area (Å²) in [6.07, 6.45) is 0.883. The molecule has 1 saturated heterocycles. The Morgan fingerprint density at radius 3 is 2.28 bits per heavy atom. The van der Waals surface area contributed by atoms with Gasteiger partial charge in [0.2, 0.25) is 0 Å². The number of fused-ring (bicyclic) bond motifs is 1. The minimum absolute atomic E-state index is 0.0125. The first kappa shape index (κ1) is 33.0. The highest BCUT2D eigenvalue weighted by molar-refractivity contribution is 7.98. The number of carboxylic acid groups (broad SMARTS) is 1. The second-order valence-corrected chi connectivity index (χ2v) is 12.6. The zero-order valence-electron chi connectivity index (χ0n) is 20.8. The fourth-order valence-electron chi connectivity index (χ4n) is 3.56. The summed E-state index contributed by atoms with van der Waals surface area (Å²) < 4.78 is 64.1. The summed E-state index contributed by atoms with van der Waals surface area (Å²) in [7, 11) is -8.04. The predicted octanol–water partition coefficient (Wildman–Crippen LogP) is -1.63. The molecular formula is C19H32N6O11S3. The topological polar surface area (TPSA) is 277 Å². The molecule has 3 heterocycles. The lowest BCUT2D eigenvalue weighted by atomic mass is 10.1. The molecule has 0 aliphatic carbocycles. The standard InChI is InChI=1S/C15H22N6O5S.C4H10O6S2/c1-27-3-2-7(15(24)25)17-4-8-10(22)11(23)14(26-8)21-6-20-9-12(16)18-5-19-13(9)21;5-11(6,7)3-1-2-4-12(8,9)10/h5-8,10-11,14,17,22-23H,2-4H2,1H3,(H,24,25)(H2,16,18,19);1-4H2,(H,5,6,7)(H,8,9,10)/t7-,8+,10+,11+,14+;/m0./s1. The smallest absolute Gasteiger partial charge is 0.320 e. The van der Waals surface area contributed by atoms with E-state index in [1.807, 2.05) is 6.26 Å². The van der Waals surface area contributed by atoms with Gasteiger partial charge in [0.15, 0.2) is 17.7 Å². The lowest BCUT2D eigenvalue weighted by molar-refractivity contribution is -0.139. The Kier molecular flexibility index (Phi) is 12.2. The number of carbonyl (C=O) groups is 1. The molecule has 1 aliphatic rings. The maximum absolute atomic E-state index is 11.3. The zero-order chi connectivity index (χ0) is 29.4. The summed E-state index contributed by atoms with van der Waals surface area (Å²) in [5.41, 5.74) is 6.50. The molecule has 2 aromatic heterocycles. The number of aromatic nitrogens is 4. The van der Waals surface area contributed by atoms with Crippen LogP contribution in [0.25, 0.3) is 11.2 Å². The Morgan fingerprint density at radius 2 is 1.74 bits per heavy atom. The number of nitrogens with zero attached hydrogens (tertiary/aromatic N) is 4. The van der Waals surface area contributed by atoms with Crippen molar-refractivity contribution in [2.45, 2.75) is 49.8 Å². The van der Waals surface area contributed by atoms with E-state index in [0.29, 0.717) is 23.3 Å². The van der Waals surface area contributed by atoms with E-state index in [0.717, 1.165) is 0 Å². The largest absolute Gasteiger partial charge is 0.480 e. The summed E-state index contributed by atoms with van der Waals surface area (Å²) in [6, 6.07) is -0.758. The lowest BCUT2D eigenvalue weighted by Gasteiger charge is -2.19. The van der Waals surface area contributed by atoms with E-state index in [9.17, 15) is 36.9 Å². The third kappa shape index (κ3) is 10.4. The molecule has 0 aromatic carbocycles. The maximum atomic E-state index is 11.3. The Morgan fingerprint density at radius 1 is 1.13 bits per heavy atom. The molecule has 0 saturated carbocycles. The minimum Gasteiger partial charge on any atom is -0.480 e. The Bertz CT molecular complexity index is 1270. The quantitative estimate of drug-likeness (QED) is 0.0981. The minimum atomic E-state index is -4.02. The number of aliphatic hydroxyl groups excluding tert-OH is 2. The third-order valence-corrected chi connectivity index (χ3v) is 7.78. The number of hydrogen-bond donors (Lipinski definition) is 7. The van der Waals surface area contributed by atoms with Gasteiger partial charge < -0.3 is 31.1 Å². The zero-order valence-corrected chi connectivity index (χ0v) is 23.2. The number of anilines is 1. The molecule has 8 N–H and O–H groups in total. The number of thioether (sulfide) groups is 1. The molecule has 0 amide bonds. The summed E-state index contributed by atoms with van der Waals surface area (Å²) in [5, 5.41) is 32.9. The highest BCUT2D eigenvalue weighted by Crippen LogP contribution is 2.31. The van der Waals surface area contributed by atoms with E-state index in [2.05, 4.69) is 20.3 Å². The van der Waals surface area contributed by atoms with Gasteiger partial charge in [-0.1, -0.05) is 0 Å². The van der Waals surface area contributed by atoms with Gasteiger partial charge in [-0.25, -0.2) is 15.0 Å². The number of hydrogen-bond acceptors (Lipinski definition) is 14. The van der Waals surface area contributed by atoms with Gasteiger partial charge in [0, 0.05) is 6.54 Å². The summed E-state index contributed by atoms with van der Waals surface area (Å²) in [5.74, 6) is -1.05. The van der Waals surface area contributed by atoms with Crippen LogP contribution >= 0.6 is 11.8 Å². The second-order valence-electron chi connectivity index (χ2n) is 8.49. The van der Waals surface area contributed by atoms with Crippen LogP contribution in [0, 0.1) is 0 Å². The van der Waals surface area contributed by atoms with Gasteiger partial charge in [0.1, 0.15) is 36.2 Å². The lowest BCUT2D eigenvalue weighted by Crippen LogP contribution is -2.44. The molecule has 3 rings (SSSR count). The number of nitrogen functional groups attached to an aromatic ring is 1. The molecule has 39 heavy (non-hydrogen) atoms. The van der Waals surface area contributed by atoms with Gasteiger partial charge in [-0.3, -0.25) is 18.5 Å². The van der Waals surface area contributed by atoms with Crippen molar-refractivity contribution in [3.05, 3.63) is 12.7 Å². The first-order valence-electron chi connectivity index (χ1n) is 11.4. The van der Waals surface area contributed by atoms with E-state index in [-0.39, 0.29) is 25.2 Å². The van der Waals surface area contributed by atoms with Crippen molar-refractivity contribution >= 4 is 54.9 Å². The van der Waals surface area contributed by atoms with Gasteiger partial charge >= 0.3 is 5.97 Å². The number of carboxylic acids is 1. The fourth-order valence-corrected chi connectivity index (χ4v) is 5.17. The van der Waals surface area contributed by atoms with Crippen molar-refractivity contribution in [2.75, 3.05) is 35.8 Å². The molecule has 20 heteroatoms. The van der Waals surface area contributed by atoms with Crippen LogP contribution in [0.5, 0.6) is 0 Å². The Balaban J connectivity index is 0.000000377. The molecule has 1 fully saturated rings. The number of rotatable bonds is 13. The van der Waals surface area contributed by atoms with Gasteiger partial charge in [0.25, 0.3) is 20.2 Å².